The van der Waals surface area contributed by atoms with Gasteiger partial charge in [0.15, 0.2) is 0 Å². The van der Waals surface area contributed by atoms with E-state index in [4.69, 9.17) is 0 Å². The molecule has 1 heterocycles. The van der Waals surface area contributed by atoms with Gasteiger partial charge in [-0.2, -0.15) is 0 Å². The highest BCUT2D eigenvalue weighted by molar-refractivity contribution is 9.10. The molecule has 0 saturated carbocycles. The molecule has 2 rings (SSSR count). The van der Waals surface area contributed by atoms with E-state index in [1.165, 1.54) is 12.1 Å². The first-order chi connectivity index (χ1) is 9.25. The van der Waals surface area contributed by atoms with Crippen molar-refractivity contribution in [2.75, 3.05) is 5.32 Å². The number of aromatic nitrogens is 2. The summed E-state index contributed by atoms with van der Waals surface area (Å²) in [6, 6.07) is 6.24. The minimum atomic E-state index is -0.290. The molecule has 0 saturated heterocycles. The van der Waals surface area contributed by atoms with Crippen LogP contribution < -0.4 is 5.32 Å². The predicted octanol–water partition coefficient (Wildman–Crippen LogP) is 5.18. The molecule has 1 aromatic carbocycles. The Labute approximate surface area is 134 Å². The number of rotatable bonds is 2. The van der Waals surface area contributed by atoms with Crippen molar-refractivity contribution in [1.29, 1.82) is 0 Å². The fourth-order valence-electron chi connectivity index (χ4n) is 1.55. The molecular formula is C14H14Br2FN3. The first-order valence-electron chi connectivity index (χ1n) is 6.03. The summed E-state index contributed by atoms with van der Waals surface area (Å²) in [5, 5.41) is 3.16. The Hall–Kier alpha value is -1.01. The Morgan fingerprint density at radius 1 is 1.10 bits per heavy atom. The lowest BCUT2D eigenvalue weighted by Crippen LogP contribution is -2.16. The van der Waals surface area contributed by atoms with E-state index in [0.29, 0.717) is 14.9 Å². The smallest absolute Gasteiger partial charge is 0.137 e. The quantitative estimate of drug-likeness (QED) is 0.703. The molecule has 0 aliphatic heterocycles. The van der Waals surface area contributed by atoms with Crippen LogP contribution in [-0.4, -0.2) is 9.97 Å². The minimum Gasteiger partial charge on any atom is -0.339 e. The van der Waals surface area contributed by atoms with E-state index in [0.717, 1.165) is 11.5 Å². The molecule has 0 spiro atoms. The largest absolute Gasteiger partial charge is 0.339 e. The highest BCUT2D eigenvalue weighted by Crippen LogP contribution is 2.28. The second kappa shape index (κ2) is 5.77. The topological polar surface area (TPSA) is 37.8 Å². The van der Waals surface area contributed by atoms with E-state index in [1.54, 1.807) is 12.1 Å². The molecule has 0 aliphatic rings. The highest BCUT2D eigenvalue weighted by atomic mass is 79.9. The van der Waals surface area contributed by atoms with Gasteiger partial charge in [0, 0.05) is 16.0 Å². The maximum absolute atomic E-state index is 13.1. The number of nitrogens with zero attached hydrogens (tertiary/aromatic N) is 2. The maximum atomic E-state index is 13.1. The molecule has 20 heavy (non-hydrogen) atoms. The summed E-state index contributed by atoms with van der Waals surface area (Å²) in [5.74, 6) is 1.10. The van der Waals surface area contributed by atoms with Crippen LogP contribution in [0.4, 0.5) is 15.9 Å². The van der Waals surface area contributed by atoms with Crippen LogP contribution in [0, 0.1) is 5.82 Å². The van der Waals surface area contributed by atoms with Crippen LogP contribution in [0.15, 0.2) is 33.3 Å². The number of nitrogens with one attached hydrogen (secondary N) is 1. The van der Waals surface area contributed by atoms with Crippen molar-refractivity contribution in [2.45, 2.75) is 26.2 Å². The molecule has 3 nitrogen and oxygen atoms in total. The number of hydrogen-bond donors (Lipinski definition) is 1. The first-order valence-corrected chi connectivity index (χ1v) is 7.61. The zero-order valence-corrected chi connectivity index (χ0v) is 14.5. The standard InChI is InChI=1S/C14H14Br2FN3/c1-14(2,3)13-19-11(16)7-12(20-13)18-10-5-4-8(17)6-9(10)15/h4-7H,1-3H3,(H,18,19,20). The fraction of sp³-hybridized carbons (Fsp3) is 0.286. The van der Waals surface area contributed by atoms with Gasteiger partial charge in [0.1, 0.15) is 22.1 Å². The number of hydrogen-bond acceptors (Lipinski definition) is 3. The number of benzene rings is 1. The summed E-state index contributed by atoms with van der Waals surface area (Å²) in [4.78, 5) is 8.87. The molecule has 6 heteroatoms. The first kappa shape index (κ1) is 15.4. The molecule has 0 fully saturated rings. The van der Waals surface area contributed by atoms with E-state index < -0.39 is 0 Å². The molecule has 1 N–H and O–H groups in total. The van der Waals surface area contributed by atoms with E-state index in [1.807, 2.05) is 20.8 Å². The van der Waals surface area contributed by atoms with Gasteiger partial charge in [-0.1, -0.05) is 20.8 Å². The molecule has 1 aromatic heterocycles. The third-order valence-electron chi connectivity index (χ3n) is 2.56. The van der Waals surface area contributed by atoms with Crippen LogP contribution in [0.2, 0.25) is 0 Å². The summed E-state index contributed by atoms with van der Waals surface area (Å²) < 4.78 is 14.4. The zero-order chi connectivity index (χ0) is 14.9. The van der Waals surface area contributed by atoms with Crippen LogP contribution >= 0.6 is 31.9 Å². The zero-order valence-electron chi connectivity index (χ0n) is 11.3. The molecular weight excluding hydrogens is 389 g/mol. The maximum Gasteiger partial charge on any atom is 0.137 e. The average molecular weight is 403 g/mol. The van der Waals surface area contributed by atoms with Crippen molar-refractivity contribution in [1.82, 2.24) is 9.97 Å². The third kappa shape index (κ3) is 3.76. The molecule has 0 bridgehead atoms. The van der Waals surface area contributed by atoms with Gasteiger partial charge in [-0.25, -0.2) is 14.4 Å². The van der Waals surface area contributed by atoms with Gasteiger partial charge in [0.2, 0.25) is 0 Å². The average Bonchev–Trinajstić information content (AvgIpc) is 2.31. The number of anilines is 2. The van der Waals surface area contributed by atoms with Crippen LogP contribution in [-0.2, 0) is 5.41 Å². The van der Waals surface area contributed by atoms with Crippen LogP contribution in [0.1, 0.15) is 26.6 Å². The lowest BCUT2D eigenvalue weighted by molar-refractivity contribution is 0.544. The van der Waals surface area contributed by atoms with Crippen LogP contribution in [0.3, 0.4) is 0 Å². The Kier molecular flexibility index (Phi) is 4.44. The molecule has 0 radical (unpaired) electrons. The molecule has 0 atom stereocenters. The Bertz CT molecular complexity index is 639. The normalized spacial score (nSPS) is 11.5. The molecule has 0 amide bonds. The monoisotopic (exact) mass is 401 g/mol. The van der Waals surface area contributed by atoms with Crippen LogP contribution in [0.25, 0.3) is 0 Å². The van der Waals surface area contributed by atoms with Gasteiger partial charge in [-0.3, -0.25) is 0 Å². The van der Waals surface area contributed by atoms with Crippen molar-refractivity contribution in [3.05, 3.63) is 45.0 Å². The predicted molar refractivity (Wildman–Crippen MR) is 85.8 cm³/mol. The van der Waals surface area contributed by atoms with E-state index in [2.05, 4.69) is 47.1 Å². The van der Waals surface area contributed by atoms with Crippen molar-refractivity contribution in [2.24, 2.45) is 0 Å². The van der Waals surface area contributed by atoms with E-state index >= 15 is 0 Å². The Morgan fingerprint density at radius 2 is 1.80 bits per heavy atom. The number of halogens is 3. The lowest BCUT2D eigenvalue weighted by atomic mass is 9.96. The van der Waals surface area contributed by atoms with Gasteiger partial charge < -0.3 is 5.32 Å². The SMILES string of the molecule is CC(C)(C)c1nc(Br)cc(Nc2ccc(F)cc2Br)n1. The Morgan fingerprint density at radius 3 is 2.40 bits per heavy atom. The summed E-state index contributed by atoms with van der Waals surface area (Å²) >= 11 is 6.71. The van der Waals surface area contributed by atoms with Gasteiger partial charge >= 0.3 is 0 Å². The summed E-state index contributed by atoms with van der Waals surface area (Å²) in [6.45, 7) is 6.14. The third-order valence-corrected chi connectivity index (χ3v) is 3.62. The highest BCUT2D eigenvalue weighted by Gasteiger charge is 2.19. The van der Waals surface area contributed by atoms with Crippen molar-refractivity contribution in [3.63, 3.8) is 0 Å². The Balaban J connectivity index is 2.36. The van der Waals surface area contributed by atoms with Crippen molar-refractivity contribution in [3.8, 4) is 0 Å². The van der Waals surface area contributed by atoms with Gasteiger partial charge in [-0.05, 0) is 50.1 Å². The molecule has 0 aliphatic carbocycles. The molecule has 0 unspecified atom stereocenters. The molecule has 2 aromatic rings. The summed E-state index contributed by atoms with van der Waals surface area (Å²) in [7, 11) is 0. The van der Waals surface area contributed by atoms with E-state index in [9.17, 15) is 4.39 Å². The second-order valence-electron chi connectivity index (χ2n) is 5.40. The van der Waals surface area contributed by atoms with Gasteiger partial charge in [0.25, 0.3) is 0 Å². The second-order valence-corrected chi connectivity index (χ2v) is 7.07. The van der Waals surface area contributed by atoms with Crippen molar-refractivity contribution < 1.29 is 4.39 Å². The fourth-order valence-corrected chi connectivity index (χ4v) is 2.38. The minimum absolute atomic E-state index is 0.153. The molecule has 106 valence electrons. The van der Waals surface area contributed by atoms with Crippen LogP contribution in [0.5, 0.6) is 0 Å². The van der Waals surface area contributed by atoms with Crippen molar-refractivity contribution >= 4 is 43.4 Å². The van der Waals surface area contributed by atoms with Gasteiger partial charge in [-0.15, -0.1) is 0 Å². The van der Waals surface area contributed by atoms with Gasteiger partial charge in [0.05, 0.1) is 5.69 Å². The van der Waals surface area contributed by atoms with E-state index in [-0.39, 0.29) is 11.2 Å². The summed E-state index contributed by atoms with van der Waals surface area (Å²) in [6.07, 6.45) is 0. The summed E-state index contributed by atoms with van der Waals surface area (Å²) in [5.41, 5.74) is 0.595. The lowest BCUT2D eigenvalue weighted by Gasteiger charge is -2.18.